The summed E-state index contributed by atoms with van der Waals surface area (Å²) in [7, 11) is 4.13. The molecule has 1 saturated carbocycles. The summed E-state index contributed by atoms with van der Waals surface area (Å²) in [6.45, 7) is 5.48. The Morgan fingerprint density at radius 1 is 1.10 bits per heavy atom. The first-order valence-corrected chi connectivity index (χ1v) is 10.7. The van der Waals surface area contributed by atoms with Gasteiger partial charge in [0.15, 0.2) is 0 Å². The molecule has 0 heterocycles. The molecular weight excluding hydrogens is 362 g/mol. The Labute approximate surface area is 175 Å². The summed E-state index contributed by atoms with van der Waals surface area (Å²) in [6.07, 6.45) is 2.66. The molecule has 0 aromatic heterocycles. The van der Waals surface area contributed by atoms with E-state index < -0.39 is 5.60 Å². The van der Waals surface area contributed by atoms with Gasteiger partial charge in [0.05, 0.1) is 24.4 Å². The summed E-state index contributed by atoms with van der Waals surface area (Å²) in [5, 5.41) is 11.8. The minimum Gasteiger partial charge on any atom is -0.491 e. The third-order valence-corrected chi connectivity index (χ3v) is 5.69. The molecule has 1 aliphatic rings. The zero-order valence-electron chi connectivity index (χ0n) is 18.2. The van der Waals surface area contributed by atoms with E-state index in [9.17, 15) is 5.11 Å². The molecule has 1 aliphatic carbocycles. The quantitative estimate of drug-likeness (QED) is 0.706. The van der Waals surface area contributed by atoms with Crippen molar-refractivity contribution >= 4 is 0 Å². The van der Waals surface area contributed by atoms with Crippen LogP contribution in [0.15, 0.2) is 54.6 Å². The van der Waals surface area contributed by atoms with Crippen LogP contribution < -0.4 is 4.74 Å². The first-order chi connectivity index (χ1) is 13.9. The third kappa shape index (κ3) is 5.81. The van der Waals surface area contributed by atoms with E-state index in [4.69, 9.17) is 9.47 Å². The molecule has 29 heavy (non-hydrogen) atoms. The average molecular weight is 398 g/mol. The zero-order valence-corrected chi connectivity index (χ0v) is 18.2. The zero-order chi connectivity index (χ0) is 20.9. The summed E-state index contributed by atoms with van der Waals surface area (Å²) < 4.78 is 12.1. The predicted octanol–water partition coefficient (Wildman–Crippen LogP) is 4.61. The fraction of sp³-hybridized carbons (Fsp3) is 0.520. The maximum Gasteiger partial charge on any atom is 0.120 e. The van der Waals surface area contributed by atoms with Gasteiger partial charge in [0.25, 0.3) is 0 Å². The number of hydrogen-bond acceptors (Lipinski definition) is 4. The van der Waals surface area contributed by atoms with Crippen LogP contribution in [0.5, 0.6) is 5.75 Å². The minimum atomic E-state index is -0.868. The second kappa shape index (κ2) is 9.75. The van der Waals surface area contributed by atoms with Crippen molar-refractivity contribution in [2.24, 2.45) is 5.92 Å². The van der Waals surface area contributed by atoms with Gasteiger partial charge in [-0.1, -0.05) is 42.5 Å². The molecule has 4 heteroatoms. The van der Waals surface area contributed by atoms with Crippen molar-refractivity contribution in [3.8, 4) is 5.75 Å². The van der Waals surface area contributed by atoms with Gasteiger partial charge in [0, 0.05) is 12.5 Å². The van der Waals surface area contributed by atoms with Crippen molar-refractivity contribution in [2.75, 3.05) is 20.6 Å². The fourth-order valence-corrected chi connectivity index (χ4v) is 4.31. The van der Waals surface area contributed by atoms with E-state index in [-0.39, 0.29) is 18.1 Å². The molecule has 0 amide bonds. The van der Waals surface area contributed by atoms with E-state index in [1.54, 1.807) is 0 Å². The van der Waals surface area contributed by atoms with Gasteiger partial charge >= 0.3 is 0 Å². The molecule has 3 unspecified atom stereocenters. The second-order valence-electron chi connectivity index (χ2n) is 8.77. The Morgan fingerprint density at radius 3 is 2.55 bits per heavy atom. The molecule has 3 rings (SSSR count). The normalized spacial score (nSPS) is 24.8. The Morgan fingerprint density at radius 2 is 1.86 bits per heavy atom. The van der Waals surface area contributed by atoms with E-state index in [2.05, 4.69) is 31.1 Å². The largest absolute Gasteiger partial charge is 0.491 e. The number of ether oxygens (including phenoxy) is 2. The topological polar surface area (TPSA) is 41.9 Å². The lowest BCUT2D eigenvalue weighted by molar-refractivity contribution is -0.110. The SMILES string of the molecule is CC(C)Oc1cccc(C2(O)CCC(OCc3ccccc3)CC2CN(C)C)c1. The fourth-order valence-electron chi connectivity index (χ4n) is 4.31. The number of benzene rings is 2. The Hall–Kier alpha value is -1.88. The van der Waals surface area contributed by atoms with Gasteiger partial charge in [0.2, 0.25) is 0 Å². The lowest BCUT2D eigenvalue weighted by Crippen LogP contribution is -2.46. The van der Waals surface area contributed by atoms with Crippen molar-refractivity contribution < 1.29 is 14.6 Å². The van der Waals surface area contributed by atoms with E-state index in [0.29, 0.717) is 13.0 Å². The van der Waals surface area contributed by atoms with Crippen molar-refractivity contribution in [1.82, 2.24) is 4.90 Å². The maximum absolute atomic E-state index is 11.8. The van der Waals surface area contributed by atoms with Crippen LogP contribution in [-0.4, -0.2) is 42.9 Å². The van der Waals surface area contributed by atoms with Crippen molar-refractivity contribution in [3.05, 3.63) is 65.7 Å². The maximum atomic E-state index is 11.8. The van der Waals surface area contributed by atoms with Crippen LogP contribution in [0.2, 0.25) is 0 Å². The molecule has 0 aliphatic heterocycles. The second-order valence-corrected chi connectivity index (χ2v) is 8.77. The Kier molecular flexibility index (Phi) is 7.33. The molecule has 1 fully saturated rings. The molecule has 2 aromatic carbocycles. The van der Waals surface area contributed by atoms with Crippen LogP contribution in [0.4, 0.5) is 0 Å². The molecule has 158 valence electrons. The molecule has 4 nitrogen and oxygen atoms in total. The van der Waals surface area contributed by atoms with Crippen molar-refractivity contribution in [3.63, 3.8) is 0 Å². The summed E-state index contributed by atoms with van der Waals surface area (Å²) in [5.74, 6) is 0.915. The standard InChI is InChI=1S/C25H35NO3/c1-19(2)29-24-12-8-11-21(15-24)25(27)14-13-23(16-22(25)17-26(3)4)28-18-20-9-6-5-7-10-20/h5-12,15,19,22-23,27H,13-14,16-18H2,1-4H3. The van der Waals surface area contributed by atoms with Gasteiger partial charge < -0.3 is 19.5 Å². The molecule has 0 bridgehead atoms. The highest BCUT2D eigenvalue weighted by Crippen LogP contribution is 2.44. The van der Waals surface area contributed by atoms with Crippen LogP contribution in [0, 0.1) is 5.92 Å². The van der Waals surface area contributed by atoms with Crippen molar-refractivity contribution in [1.29, 1.82) is 0 Å². The first-order valence-electron chi connectivity index (χ1n) is 10.7. The number of nitrogens with zero attached hydrogens (tertiary/aromatic N) is 1. The first kappa shape index (κ1) is 21.8. The molecule has 1 N–H and O–H groups in total. The van der Waals surface area contributed by atoms with Gasteiger partial charge in [-0.25, -0.2) is 0 Å². The molecule has 0 radical (unpaired) electrons. The van der Waals surface area contributed by atoms with E-state index >= 15 is 0 Å². The van der Waals surface area contributed by atoms with Gasteiger partial charge in [-0.15, -0.1) is 0 Å². The Balaban J connectivity index is 1.74. The summed E-state index contributed by atoms with van der Waals surface area (Å²) >= 11 is 0. The van der Waals surface area contributed by atoms with Gasteiger partial charge in [0.1, 0.15) is 5.75 Å². The van der Waals surface area contributed by atoms with E-state index in [1.165, 1.54) is 5.56 Å². The molecular formula is C25H35NO3. The molecule has 0 saturated heterocycles. The lowest BCUT2D eigenvalue weighted by Gasteiger charge is -2.44. The van der Waals surface area contributed by atoms with Crippen LogP contribution in [0.25, 0.3) is 0 Å². The number of aliphatic hydroxyl groups is 1. The summed E-state index contributed by atoms with van der Waals surface area (Å²) in [6, 6.07) is 18.3. The van der Waals surface area contributed by atoms with Gasteiger partial charge in [-0.05, 0) is 70.5 Å². The lowest BCUT2D eigenvalue weighted by atomic mass is 9.70. The van der Waals surface area contributed by atoms with Gasteiger partial charge in [-0.2, -0.15) is 0 Å². The van der Waals surface area contributed by atoms with E-state index in [1.807, 2.05) is 56.3 Å². The van der Waals surface area contributed by atoms with Crippen LogP contribution >= 0.6 is 0 Å². The highest BCUT2D eigenvalue weighted by molar-refractivity contribution is 5.33. The third-order valence-electron chi connectivity index (χ3n) is 5.69. The summed E-state index contributed by atoms with van der Waals surface area (Å²) in [4.78, 5) is 2.16. The number of hydrogen-bond donors (Lipinski definition) is 1. The monoisotopic (exact) mass is 397 g/mol. The van der Waals surface area contributed by atoms with Crippen LogP contribution in [-0.2, 0) is 16.9 Å². The smallest absolute Gasteiger partial charge is 0.120 e. The highest BCUT2D eigenvalue weighted by Gasteiger charge is 2.44. The van der Waals surface area contributed by atoms with Crippen LogP contribution in [0.1, 0.15) is 44.2 Å². The van der Waals surface area contributed by atoms with Gasteiger partial charge in [-0.3, -0.25) is 0 Å². The Bertz CT molecular complexity index is 762. The van der Waals surface area contributed by atoms with Crippen molar-refractivity contribution in [2.45, 2.75) is 57.5 Å². The predicted molar refractivity (Wildman–Crippen MR) is 117 cm³/mol. The summed E-state index contributed by atoms with van der Waals surface area (Å²) in [5.41, 5.74) is 1.27. The molecule has 2 aromatic rings. The molecule has 0 spiro atoms. The average Bonchev–Trinajstić information content (AvgIpc) is 2.69. The minimum absolute atomic E-state index is 0.0984. The molecule has 3 atom stereocenters. The highest BCUT2D eigenvalue weighted by atomic mass is 16.5. The van der Waals surface area contributed by atoms with Crippen LogP contribution in [0.3, 0.4) is 0 Å². The number of rotatable bonds is 8. The van der Waals surface area contributed by atoms with E-state index in [0.717, 1.165) is 30.7 Å².